The average Bonchev–Trinajstić information content (AvgIpc) is 2.46. The second-order valence-electron chi connectivity index (χ2n) is 3.96. The first-order valence-corrected chi connectivity index (χ1v) is 5.79. The highest BCUT2D eigenvalue weighted by Crippen LogP contribution is 2.23. The Kier molecular flexibility index (Phi) is 4.09. The summed E-state index contributed by atoms with van der Waals surface area (Å²) in [6, 6.07) is 6.78. The number of nitrogens with one attached hydrogen (secondary N) is 1. The van der Waals surface area contributed by atoms with Gasteiger partial charge in [-0.05, 0) is 23.8 Å². The third kappa shape index (κ3) is 3.19. The fourth-order valence-corrected chi connectivity index (χ4v) is 1.58. The number of non-ortho nitro benzene ring substituents is 1. The van der Waals surface area contributed by atoms with Gasteiger partial charge in [-0.15, -0.1) is 0 Å². The molecule has 20 heavy (non-hydrogen) atoms. The van der Waals surface area contributed by atoms with Gasteiger partial charge in [0.25, 0.3) is 5.69 Å². The van der Waals surface area contributed by atoms with Gasteiger partial charge in [0, 0.05) is 19.3 Å². The lowest BCUT2D eigenvalue weighted by Gasteiger charge is -2.08. The topological polar surface area (TPSA) is 77.3 Å². The predicted octanol–water partition coefficient (Wildman–Crippen LogP) is 2.75. The fourth-order valence-electron chi connectivity index (χ4n) is 1.58. The first-order valence-electron chi connectivity index (χ1n) is 5.79. The molecule has 7 heteroatoms. The van der Waals surface area contributed by atoms with Crippen LogP contribution >= 0.6 is 0 Å². The molecule has 0 radical (unpaired) electrons. The lowest BCUT2D eigenvalue weighted by Crippen LogP contribution is -2.00. The Morgan fingerprint density at radius 3 is 2.85 bits per heavy atom. The summed E-state index contributed by atoms with van der Waals surface area (Å²) < 4.78 is 18.9. The lowest BCUT2D eigenvalue weighted by atomic mass is 10.2. The van der Waals surface area contributed by atoms with Gasteiger partial charge in [0.15, 0.2) is 11.6 Å². The third-order valence-electron chi connectivity index (χ3n) is 2.60. The minimum Gasteiger partial charge on any atom is -0.486 e. The number of rotatable bonds is 5. The highest BCUT2D eigenvalue weighted by Gasteiger charge is 2.11. The number of hydrogen-bond donors (Lipinski definition) is 1. The maximum absolute atomic E-state index is 13.6. The Hall–Kier alpha value is -2.70. The standard InChI is InChI=1S/C13H12FN3O3/c1-15-13-6-9(4-5-16-13)8-20-12-3-2-10(17(18)19)7-11(12)14/h2-7H,8H2,1H3,(H,15,16). The SMILES string of the molecule is CNc1cc(COc2ccc([N+](=O)[O-])cc2F)ccn1. The van der Waals surface area contributed by atoms with Crippen LogP contribution in [-0.4, -0.2) is 17.0 Å². The number of pyridine rings is 1. The van der Waals surface area contributed by atoms with Gasteiger partial charge in [-0.3, -0.25) is 10.1 Å². The van der Waals surface area contributed by atoms with E-state index in [1.54, 1.807) is 25.4 Å². The summed E-state index contributed by atoms with van der Waals surface area (Å²) in [6.07, 6.45) is 1.61. The molecule has 0 aliphatic heterocycles. The minimum atomic E-state index is -0.762. The highest BCUT2D eigenvalue weighted by molar-refractivity contribution is 5.39. The monoisotopic (exact) mass is 277 g/mol. The maximum Gasteiger partial charge on any atom is 0.272 e. The zero-order valence-electron chi connectivity index (χ0n) is 10.7. The van der Waals surface area contributed by atoms with Crippen LogP contribution in [-0.2, 0) is 6.61 Å². The molecule has 2 aromatic rings. The van der Waals surface area contributed by atoms with Crippen molar-refractivity contribution >= 4 is 11.5 Å². The first kappa shape index (κ1) is 13.7. The van der Waals surface area contributed by atoms with Gasteiger partial charge >= 0.3 is 0 Å². The molecule has 104 valence electrons. The van der Waals surface area contributed by atoms with Crippen molar-refractivity contribution in [2.24, 2.45) is 0 Å². The summed E-state index contributed by atoms with van der Waals surface area (Å²) in [6.45, 7) is 0.145. The Bertz CT molecular complexity index is 634. The van der Waals surface area contributed by atoms with Gasteiger partial charge in [0.2, 0.25) is 0 Å². The Morgan fingerprint density at radius 2 is 2.20 bits per heavy atom. The first-order chi connectivity index (χ1) is 9.60. The molecule has 1 N–H and O–H groups in total. The summed E-state index contributed by atoms with van der Waals surface area (Å²) in [5, 5.41) is 13.4. The molecule has 0 aliphatic carbocycles. The number of nitro groups is 1. The van der Waals surface area contributed by atoms with Crippen LogP contribution in [0.2, 0.25) is 0 Å². The van der Waals surface area contributed by atoms with Crippen molar-refractivity contribution in [2.45, 2.75) is 6.61 Å². The van der Waals surface area contributed by atoms with Gasteiger partial charge in [-0.2, -0.15) is 0 Å². The van der Waals surface area contributed by atoms with Crippen molar-refractivity contribution in [3.05, 3.63) is 58.0 Å². The summed E-state index contributed by atoms with van der Waals surface area (Å²) in [7, 11) is 1.74. The van der Waals surface area contributed by atoms with Crippen LogP contribution < -0.4 is 10.1 Å². The van der Waals surface area contributed by atoms with Crippen molar-refractivity contribution in [3.63, 3.8) is 0 Å². The molecule has 1 aromatic carbocycles. The minimum absolute atomic E-state index is 0.0292. The number of nitrogens with zero attached hydrogens (tertiary/aromatic N) is 2. The van der Waals surface area contributed by atoms with E-state index in [1.165, 1.54) is 12.1 Å². The zero-order chi connectivity index (χ0) is 14.5. The van der Waals surface area contributed by atoms with E-state index in [2.05, 4.69) is 10.3 Å². The van der Waals surface area contributed by atoms with E-state index in [0.717, 1.165) is 11.6 Å². The van der Waals surface area contributed by atoms with Crippen molar-refractivity contribution in [3.8, 4) is 5.75 Å². The highest BCUT2D eigenvalue weighted by atomic mass is 19.1. The number of halogens is 1. The van der Waals surface area contributed by atoms with Gasteiger partial charge in [0.05, 0.1) is 11.0 Å². The molecular formula is C13H12FN3O3. The molecule has 0 unspecified atom stereocenters. The zero-order valence-corrected chi connectivity index (χ0v) is 10.7. The molecule has 0 saturated carbocycles. The largest absolute Gasteiger partial charge is 0.486 e. The quantitative estimate of drug-likeness (QED) is 0.671. The molecule has 1 heterocycles. The fraction of sp³-hybridized carbons (Fsp3) is 0.154. The van der Waals surface area contributed by atoms with Gasteiger partial charge < -0.3 is 10.1 Å². The summed E-state index contributed by atoms with van der Waals surface area (Å²) in [4.78, 5) is 13.9. The predicted molar refractivity (Wildman–Crippen MR) is 71.2 cm³/mol. The van der Waals surface area contributed by atoms with Crippen molar-refractivity contribution in [1.82, 2.24) is 4.98 Å². The van der Waals surface area contributed by atoms with Gasteiger partial charge in [0.1, 0.15) is 12.4 Å². The number of ether oxygens (including phenoxy) is 1. The molecule has 0 aliphatic rings. The molecule has 0 bridgehead atoms. The van der Waals surface area contributed by atoms with Crippen molar-refractivity contribution in [2.75, 3.05) is 12.4 Å². The molecule has 0 saturated heterocycles. The summed E-state index contributed by atoms with van der Waals surface area (Å²) in [5.41, 5.74) is 0.498. The van der Waals surface area contributed by atoms with E-state index in [-0.39, 0.29) is 18.0 Å². The molecule has 0 amide bonds. The van der Waals surface area contributed by atoms with Crippen molar-refractivity contribution < 1.29 is 14.1 Å². The van der Waals surface area contributed by atoms with Crippen LogP contribution in [0.15, 0.2) is 36.5 Å². The number of hydrogen-bond acceptors (Lipinski definition) is 5. The number of anilines is 1. The van der Waals surface area contributed by atoms with Crippen LogP contribution in [0, 0.1) is 15.9 Å². The molecule has 0 fully saturated rings. The van der Waals surface area contributed by atoms with Crippen molar-refractivity contribution in [1.29, 1.82) is 0 Å². The van der Waals surface area contributed by atoms with Crippen LogP contribution in [0.1, 0.15) is 5.56 Å². The van der Waals surface area contributed by atoms with E-state index in [1.807, 2.05) is 0 Å². The molecule has 1 aromatic heterocycles. The number of nitro benzene ring substituents is 1. The maximum atomic E-state index is 13.6. The van der Waals surface area contributed by atoms with E-state index in [0.29, 0.717) is 5.82 Å². The second kappa shape index (κ2) is 5.96. The lowest BCUT2D eigenvalue weighted by molar-refractivity contribution is -0.385. The summed E-state index contributed by atoms with van der Waals surface area (Å²) in [5.74, 6) is -0.115. The molecule has 2 rings (SSSR count). The van der Waals surface area contributed by atoms with Gasteiger partial charge in [-0.1, -0.05) is 0 Å². The van der Waals surface area contributed by atoms with E-state index < -0.39 is 10.7 Å². The van der Waals surface area contributed by atoms with Gasteiger partial charge in [-0.25, -0.2) is 9.37 Å². The normalized spacial score (nSPS) is 10.1. The Labute approximate surface area is 114 Å². The second-order valence-corrected chi connectivity index (χ2v) is 3.96. The molecule has 0 atom stereocenters. The van der Waals surface area contributed by atoms with E-state index >= 15 is 0 Å². The Balaban J connectivity index is 2.08. The molecule has 6 nitrogen and oxygen atoms in total. The average molecular weight is 277 g/mol. The number of aromatic nitrogens is 1. The smallest absolute Gasteiger partial charge is 0.272 e. The van der Waals surface area contributed by atoms with Crippen LogP contribution in [0.3, 0.4) is 0 Å². The van der Waals surface area contributed by atoms with E-state index in [9.17, 15) is 14.5 Å². The number of benzene rings is 1. The molecular weight excluding hydrogens is 265 g/mol. The van der Waals surface area contributed by atoms with Crippen LogP contribution in [0.4, 0.5) is 15.9 Å². The third-order valence-corrected chi connectivity index (χ3v) is 2.60. The summed E-state index contributed by atoms with van der Waals surface area (Å²) >= 11 is 0. The van der Waals surface area contributed by atoms with Crippen LogP contribution in [0.5, 0.6) is 5.75 Å². The molecule has 0 spiro atoms. The van der Waals surface area contributed by atoms with E-state index in [4.69, 9.17) is 4.74 Å². The van der Waals surface area contributed by atoms with Crippen LogP contribution in [0.25, 0.3) is 0 Å². The Morgan fingerprint density at radius 1 is 1.40 bits per heavy atom.